The summed E-state index contributed by atoms with van der Waals surface area (Å²) in [6.45, 7) is 7.65. The van der Waals surface area contributed by atoms with E-state index in [2.05, 4.69) is 17.0 Å². The Morgan fingerprint density at radius 2 is 1.58 bits per heavy atom. The second kappa shape index (κ2) is 9.35. The summed E-state index contributed by atoms with van der Waals surface area (Å²) in [6.07, 6.45) is 0.957. The summed E-state index contributed by atoms with van der Waals surface area (Å²) < 4.78 is 28.5. The maximum Gasteiger partial charge on any atom is 0.262 e. The van der Waals surface area contributed by atoms with Gasteiger partial charge in [0.2, 0.25) is 0 Å². The fourth-order valence-corrected chi connectivity index (χ4v) is 4.60. The van der Waals surface area contributed by atoms with Gasteiger partial charge in [-0.2, -0.15) is 0 Å². The zero-order valence-electron chi connectivity index (χ0n) is 18.3. The summed E-state index contributed by atoms with van der Waals surface area (Å²) in [5.41, 5.74) is 4.61. The van der Waals surface area contributed by atoms with Crippen LogP contribution in [0.25, 0.3) is 0 Å². The molecule has 162 valence electrons. The predicted molar refractivity (Wildman–Crippen MR) is 125 cm³/mol. The molecule has 0 saturated heterocycles. The fourth-order valence-electron chi connectivity index (χ4n) is 3.27. The van der Waals surface area contributed by atoms with E-state index in [0.717, 1.165) is 17.5 Å². The zero-order valence-corrected chi connectivity index (χ0v) is 19.1. The number of amides is 1. The van der Waals surface area contributed by atoms with E-state index in [1.165, 1.54) is 11.6 Å². The van der Waals surface area contributed by atoms with E-state index in [1.54, 1.807) is 31.2 Å². The van der Waals surface area contributed by atoms with Crippen LogP contribution in [0.1, 0.15) is 52.5 Å². The van der Waals surface area contributed by atoms with Crippen LogP contribution >= 0.6 is 0 Å². The maximum atomic E-state index is 12.9. The number of hydrogen-bond acceptors (Lipinski definition) is 3. The first-order valence-electron chi connectivity index (χ1n) is 10.3. The molecule has 0 aliphatic heterocycles. The molecular weight excluding hydrogens is 408 g/mol. The van der Waals surface area contributed by atoms with Crippen molar-refractivity contribution in [3.05, 3.63) is 94.5 Å². The molecule has 0 aliphatic rings. The molecular formula is C25H28N2O3S. The van der Waals surface area contributed by atoms with Crippen molar-refractivity contribution in [2.75, 3.05) is 4.72 Å². The number of nitrogens with one attached hydrogen (secondary N) is 2. The average molecular weight is 437 g/mol. The molecule has 0 saturated carbocycles. The van der Waals surface area contributed by atoms with E-state index in [4.69, 9.17) is 0 Å². The lowest BCUT2D eigenvalue weighted by Crippen LogP contribution is -2.27. The highest BCUT2D eigenvalue weighted by molar-refractivity contribution is 7.92. The summed E-state index contributed by atoms with van der Waals surface area (Å²) in [6, 6.07) is 19.7. The number of hydrogen-bond donors (Lipinski definition) is 2. The van der Waals surface area contributed by atoms with Crippen LogP contribution in [0.4, 0.5) is 5.69 Å². The van der Waals surface area contributed by atoms with Gasteiger partial charge in [-0.3, -0.25) is 9.52 Å². The number of aryl methyl sites for hydroxylation is 3. The smallest absolute Gasteiger partial charge is 0.262 e. The van der Waals surface area contributed by atoms with Gasteiger partial charge in [-0.05, 0) is 68.1 Å². The van der Waals surface area contributed by atoms with Crippen molar-refractivity contribution < 1.29 is 13.2 Å². The zero-order chi connectivity index (χ0) is 22.6. The quantitative estimate of drug-likeness (QED) is 0.537. The highest BCUT2D eigenvalue weighted by atomic mass is 32.2. The van der Waals surface area contributed by atoms with Gasteiger partial charge in [-0.25, -0.2) is 8.42 Å². The third-order valence-corrected chi connectivity index (χ3v) is 6.80. The first kappa shape index (κ1) is 22.6. The van der Waals surface area contributed by atoms with Gasteiger partial charge in [0.15, 0.2) is 0 Å². The Morgan fingerprint density at radius 1 is 0.935 bits per heavy atom. The molecule has 0 aromatic heterocycles. The SMILES string of the molecule is CCc1ccc([C@H](C)NC(=O)c2ccc(C)c(S(=O)(=O)Nc3ccc(C)cc3)c2)cc1. The summed E-state index contributed by atoms with van der Waals surface area (Å²) in [7, 11) is -3.83. The van der Waals surface area contributed by atoms with Gasteiger partial charge >= 0.3 is 0 Å². The van der Waals surface area contributed by atoms with Gasteiger partial charge in [0.1, 0.15) is 0 Å². The fraction of sp³-hybridized carbons (Fsp3) is 0.240. The summed E-state index contributed by atoms with van der Waals surface area (Å²) in [4.78, 5) is 12.9. The molecule has 2 N–H and O–H groups in total. The van der Waals surface area contributed by atoms with Crippen molar-refractivity contribution in [2.24, 2.45) is 0 Å². The van der Waals surface area contributed by atoms with Crippen LogP contribution in [0.3, 0.4) is 0 Å². The molecule has 3 aromatic carbocycles. The summed E-state index contributed by atoms with van der Waals surface area (Å²) in [5.74, 6) is -0.321. The minimum absolute atomic E-state index is 0.0840. The topological polar surface area (TPSA) is 75.3 Å². The number of carbonyl (C=O) groups excluding carboxylic acids is 1. The molecule has 0 bridgehead atoms. The van der Waals surface area contributed by atoms with Crippen molar-refractivity contribution in [3.8, 4) is 0 Å². The monoisotopic (exact) mass is 436 g/mol. The van der Waals surface area contributed by atoms with Crippen molar-refractivity contribution in [3.63, 3.8) is 0 Å². The standard InChI is InChI=1S/C25H28N2O3S/c1-5-20-9-12-21(13-10-20)19(4)26-25(28)22-11-8-18(3)24(16-22)31(29,30)27-23-14-6-17(2)7-15-23/h6-16,19,27H,5H2,1-4H3,(H,26,28)/t19-/m0/s1. The van der Waals surface area contributed by atoms with E-state index in [9.17, 15) is 13.2 Å². The predicted octanol–water partition coefficient (Wildman–Crippen LogP) is 5.16. The molecule has 0 unspecified atom stereocenters. The lowest BCUT2D eigenvalue weighted by atomic mass is 10.0. The molecule has 1 amide bonds. The molecule has 0 radical (unpaired) electrons. The van der Waals surface area contributed by atoms with Crippen molar-refractivity contribution in [1.29, 1.82) is 0 Å². The minimum atomic E-state index is -3.83. The highest BCUT2D eigenvalue weighted by Crippen LogP contribution is 2.22. The molecule has 5 nitrogen and oxygen atoms in total. The van der Waals surface area contributed by atoms with Gasteiger partial charge in [-0.15, -0.1) is 0 Å². The van der Waals surface area contributed by atoms with Crippen LogP contribution in [0.2, 0.25) is 0 Å². The molecule has 3 rings (SSSR count). The molecule has 31 heavy (non-hydrogen) atoms. The summed E-state index contributed by atoms with van der Waals surface area (Å²) >= 11 is 0. The highest BCUT2D eigenvalue weighted by Gasteiger charge is 2.20. The second-order valence-corrected chi connectivity index (χ2v) is 9.39. The number of carbonyl (C=O) groups is 1. The van der Waals surface area contributed by atoms with Gasteiger partial charge in [0.05, 0.1) is 10.9 Å². The molecule has 0 aliphatic carbocycles. The van der Waals surface area contributed by atoms with E-state index in [1.807, 2.05) is 50.2 Å². The maximum absolute atomic E-state index is 12.9. The van der Waals surface area contributed by atoms with Crippen LogP contribution in [0.5, 0.6) is 0 Å². The molecule has 6 heteroatoms. The lowest BCUT2D eigenvalue weighted by Gasteiger charge is -2.16. The van der Waals surface area contributed by atoms with Gasteiger partial charge in [0, 0.05) is 11.3 Å². The molecule has 0 fully saturated rings. The van der Waals surface area contributed by atoms with E-state index >= 15 is 0 Å². The first-order valence-corrected chi connectivity index (χ1v) is 11.8. The molecule has 0 spiro atoms. The average Bonchev–Trinajstić information content (AvgIpc) is 2.75. The van der Waals surface area contributed by atoms with Gasteiger partial charge < -0.3 is 5.32 Å². The number of sulfonamides is 1. The molecule has 1 atom stereocenters. The van der Waals surface area contributed by atoms with E-state index in [0.29, 0.717) is 16.8 Å². The Kier molecular flexibility index (Phi) is 6.81. The Hall–Kier alpha value is -3.12. The van der Waals surface area contributed by atoms with E-state index < -0.39 is 10.0 Å². The number of anilines is 1. The summed E-state index contributed by atoms with van der Waals surface area (Å²) in [5, 5.41) is 2.95. The van der Waals surface area contributed by atoms with Crippen LogP contribution in [0, 0.1) is 13.8 Å². The normalized spacial score (nSPS) is 12.3. The number of benzene rings is 3. The Balaban J connectivity index is 1.80. The Morgan fingerprint density at radius 3 is 2.19 bits per heavy atom. The number of rotatable bonds is 7. The Labute approximate surface area is 184 Å². The third-order valence-electron chi connectivity index (χ3n) is 5.28. The van der Waals surface area contributed by atoms with Crippen LogP contribution in [-0.4, -0.2) is 14.3 Å². The second-order valence-electron chi connectivity index (χ2n) is 7.74. The third kappa shape index (κ3) is 5.52. The van der Waals surface area contributed by atoms with Gasteiger partial charge in [0.25, 0.3) is 15.9 Å². The van der Waals surface area contributed by atoms with Crippen molar-refractivity contribution in [1.82, 2.24) is 5.32 Å². The van der Waals surface area contributed by atoms with Gasteiger partial charge in [-0.1, -0.05) is 55.0 Å². The Bertz CT molecular complexity index is 1170. The lowest BCUT2D eigenvalue weighted by molar-refractivity contribution is 0.0939. The minimum Gasteiger partial charge on any atom is -0.346 e. The van der Waals surface area contributed by atoms with Crippen LogP contribution < -0.4 is 10.0 Å². The van der Waals surface area contributed by atoms with E-state index in [-0.39, 0.29) is 16.8 Å². The van der Waals surface area contributed by atoms with Crippen molar-refractivity contribution >= 4 is 21.6 Å². The van der Waals surface area contributed by atoms with Crippen molar-refractivity contribution in [2.45, 2.75) is 45.1 Å². The largest absolute Gasteiger partial charge is 0.346 e. The van der Waals surface area contributed by atoms with Crippen LogP contribution in [0.15, 0.2) is 71.6 Å². The first-order chi connectivity index (χ1) is 14.7. The molecule has 3 aromatic rings. The van der Waals surface area contributed by atoms with Crippen LogP contribution in [-0.2, 0) is 16.4 Å². The molecule has 0 heterocycles.